The molecule has 0 bridgehead atoms. The molecule has 18 heavy (non-hydrogen) atoms. The summed E-state index contributed by atoms with van der Waals surface area (Å²) in [6.07, 6.45) is 4.87. The number of unbranched alkanes of at least 4 members (excludes halogenated alkanes) is 1. The van der Waals surface area contributed by atoms with E-state index in [2.05, 4.69) is 22.0 Å². The summed E-state index contributed by atoms with van der Waals surface area (Å²) in [5.41, 5.74) is 6.86. The third kappa shape index (κ3) is 4.33. The van der Waals surface area contributed by atoms with E-state index in [4.69, 9.17) is 5.73 Å². The summed E-state index contributed by atoms with van der Waals surface area (Å²) in [7, 11) is 1.34. The molecule has 100 valence electrons. The lowest BCUT2D eigenvalue weighted by Crippen LogP contribution is -2.28. The third-order valence-corrected chi connectivity index (χ3v) is 2.72. The number of anilines is 1. The molecule has 1 atom stereocenters. The lowest BCUT2D eigenvalue weighted by atomic mass is 10.1. The van der Waals surface area contributed by atoms with E-state index in [0.717, 1.165) is 24.9 Å². The van der Waals surface area contributed by atoms with Crippen LogP contribution in [0.1, 0.15) is 36.7 Å². The Kier molecular flexibility index (Phi) is 6.14. The Balaban J connectivity index is 2.68. The van der Waals surface area contributed by atoms with Gasteiger partial charge in [0.25, 0.3) is 0 Å². The average molecular weight is 251 g/mol. The molecular weight excluding hydrogens is 230 g/mol. The van der Waals surface area contributed by atoms with E-state index in [-0.39, 0.29) is 6.04 Å². The van der Waals surface area contributed by atoms with Crippen molar-refractivity contribution in [1.82, 2.24) is 4.98 Å². The molecule has 0 fully saturated rings. The summed E-state index contributed by atoms with van der Waals surface area (Å²) in [6.45, 7) is 2.71. The number of nitrogens with one attached hydrogen (secondary N) is 1. The van der Waals surface area contributed by atoms with Crippen molar-refractivity contribution in [2.45, 2.75) is 32.2 Å². The maximum Gasteiger partial charge on any atom is 0.356 e. The van der Waals surface area contributed by atoms with Gasteiger partial charge in [0, 0.05) is 24.5 Å². The predicted octanol–water partition coefficient (Wildman–Crippen LogP) is 1.80. The van der Waals surface area contributed by atoms with E-state index in [9.17, 15) is 4.79 Å². The fourth-order valence-electron chi connectivity index (χ4n) is 1.67. The van der Waals surface area contributed by atoms with Gasteiger partial charge in [0.2, 0.25) is 0 Å². The molecule has 0 aliphatic rings. The molecule has 1 unspecified atom stereocenters. The Bertz CT molecular complexity index is 382. The first-order valence-corrected chi connectivity index (χ1v) is 6.22. The van der Waals surface area contributed by atoms with Gasteiger partial charge >= 0.3 is 5.97 Å². The number of esters is 1. The number of nitrogens with zero attached hydrogens (tertiary/aromatic N) is 1. The number of aromatic nitrogens is 1. The molecule has 0 saturated heterocycles. The maximum atomic E-state index is 11.4. The first-order chi connectivity index (χ1) is 8.71. The minimum atomic E-state index is -0.434. The molecule has 5 nitrogen and oxygen atoms in total. The van der Waals surface area contributed by atoms with Crippen LogP contribution in [0.3, 0.4) is 0 Å². The number of ether oxygens (including phenoxy) is 1. The van der Waals surface area contributed by atoms with E-state index in [1.807, 2.05) is 6.07 Å². The quantitative estimate of drug-likeness (QED) is 0.722. The standard InChI is InChI=1S/C13H21N3O2/c1-3-4-5-11(9-14)16-10-6-7-15-12(8-10)13(17)18-2/h6-8,11H,3-5,9,14H2,1-2H3,(H,15,16). The smallest absolute Gasteiger partial charge is 0.356 e. The summed E-state index contributed by atoms with van der Waals surface area (Å²) < 4.78 is 4.63. The van der Waals surface area contributed by atoms with Crippen molar-refractivity contribution in [3.63, 3.8) is 0 Å². The second-order valence-corrected chi connectivity index (χ2v) is 4.14. The number of nitrogens with two attached hydrogens (primary N) is 1. The molecule has 1 rings (SSSR count). The highest BCUT2D eigenvalue weighted by Gasteiger charge is 2.10. The fourth-order valence-corrected chi connectivity index (χ4v) is 1.67. The molecule has 1 aromatic rings. The molecule has 0 aromatic carbocycles. The van der Waals surface area contributed by atoms with Gasteiger partial charge in [-0.15, -0.1) is 0 Å². The lowest BCUT2D eigenvalue weighted by molar-refractivity contribution is 0.0594. The molecular formula is C13H21N3O2. The zero-order valence-electron chi connectivity index (χ0n) is 11.0. The van der Waals surface area contributed by atoms with Crippen LogP contribution in [-0.2, 0) is 4.74 Å². The van der Waals surface area contributed by atoms with Gasteiger partial charge in [-0.1, -0.05) is 19.8 Å². The largest absolute Gasteiger partial charge is 0.464 e. The molecule has 0 amide bonds. The van der Waals surface area contributed by atoms with Gasteiger partial charge in [0.1, 0.15) is 5.69 Å². The summed E-state index contributed by atoms with van der Waals surface area (Å²) in [6, 6.07) is 3.72. The molecule has 1 aromatic heterocycles. The van der Waals surface area contributed by atoms with E-state index < -0.39 is 5.97 Å². The molecule has 5 heteroatoms. The van der Waals surface area contributed by atoms with E-state index in [1.54, 1.807) is 12.3 Å². The summed E-state index contributed by atoms with van der Waals surface area (Å²) in [5.74, 6) is -0.434. The van der Waals surface area contributed by atoms with Crippen LogP contribution in [0.5, 0.6) is 0 Å². The number of hydrogen-bond donors (Lipinski definition) is 2. The van der Waals surface area contributed by atoms with Crippen molar-refractivity contribution in [2.24, 2.45) is 5.73 Å². The number of carbonyl (C=O) groups is 1. The van der Waals surface area contributed by atoms with Crippen LogP contribution in [0.25, 0.3) is 0 Å². The summed E-state index contributed by atoms with van der Waals surface area (Å²) in [4.78, 5) is 15.3. The molecule has 3 N–H and O–H groups in total. The van der Waals surface area contributed by atoms with Crippen LogP contribution in [0, 0.1) is 0 Å². The Morgan fingerprint density at radius 1 is 1.61 bits per heavy atom. The topological polar surface area (TPSA) is 77.2 Å². The van der Waals surface area contributed by atoms with Gasteiger partial charge < -0.3 is 15.8 Å². The number of methoxy groups -OCH3 is 1. The van der Waals surface area contributed by atoms with Crippen LogP contribution in [0.2, 0.25) is 0 Å². The van der Waals surface area contributed by atoms with Crippen LogP contribution in [0.4, 0.5) is 5.69 Å². The SMILES string of the molecule is CCCCC(CN)Nc1ccnc(C(=O)OC)c1. The normalized spacial score (nSPS) is 11.9. The second-order valence-electron chi connectivity index (χ2n) is 4.14. The van der Waals surface area contributed by atoms with Crippen LogP contribution in [-0.4, -0.2) is 30.6 Å². The first-order valence-electron chi connectivity index (χ1n) is 6.22. The number of carbonyl (C=O) groups excluding carboxylic acids is 1. The van der Waals surface area contributed by atoms with Crippen LogP contribution < -0.4 is 11.1 Å². The van der Waals surface area contributed by atoms with Crippen LogP contribution >= 0.6 is 0 Å². The van der Waals surface area contributed by atoms with Crippen molar-refractivity contribution in [1.29, 1.82) is 0 Å². The monoisotopic (exact) mass is 251 g/mol. The highest BCUT2D eigenvalue weighted by molar-refractivity contribution is 5.88. The predicted molar refractivity (Wildman–Crippen MR) is 71.6 cm³/mol. The lowest BCUT2D eigenvalue weighted by Gasteiger charge is -2.17. The molecule has 0 aliphatic carbocycles. The maximum absolute atomic E-state index is 11.4. The third-order valence-electron chi connectivity index (χ3n) is 2.72. The summed E-state index contributed by atoms with van der Waals surface area (Å²) in [5, 5.41) is 3.31. The second kappa shape index (κ2) is 7.66. The zero-order chi connectivity index (χ0) is 13.4. The van der Waals surface area contributed by atoms with E-state index in [0.29, 0.717) is 12.2 Å². The summed E-state index contributed by atoms with van der Waals surface area (Å²) >= 11 is 0. The van der Waals surface area contributed by atoms with Crippen molar-refractivity contribution in [3.05, 3.63) is 24.0 Å². The van der Waals surface area contributed by atoms with Gasteiger partial charge in [-0.05, 0) is 18.6 Å². The van der Waals surface area contributed by atoms with Gasteiger partial charge in [-0.3, -0.25) is 0 Å². The van der Waals surface area contributed by atoms with Gasteiger partial charge in [0.15, 0.2) is 0 Å². The number of pyridine rings is 1. The molecule has 0 radical (unpaired) electrons. The van der Waals surface area contributed by atoms with E-state index in [1.165, 1.54) is 7.11 Å². The Hall–Kier alpha value is -1.62. The Morgan fingerprint density at radius 3 is 3.00 bits per heavy atom. The van der Waals surface area contributed by atoms with Gasteiger partial charge in [-0.2, -0.15) is 0 Å². The van der Waals surface area contributed by atoms with E-state index >= 15 is 0 Å². The van der Waals surface area contributed by atoms with Crippen molar-refractivity contribution in [2.75, 3.05) is 19.0 Å². The minimum Gasteiger partial charge on any atom is -0.464 e. The molecule has 0 spiro atoms. The van der Waals surface area contributed by atoms with Crippen molar-refractivity contribution < 1.29 is 9.53 Å². The fraction of sp³-hybridized carbons (Fsp3) is 0.538. The highest BCUT2D eigenvalue weighted by Crippen LogP contribution is 2.12. The zero-order valence-corrected chi connectivity index (χ0v) is 11.0. The Morgan fingerprint density at radius 2 is 2.39 bits per heavy atom. The number of hydrogen-bond acceptors (Lipinski definition) is 5. The molecule has 0 aliphatic heterocycles. The van der Waals surface area contributed by atoms with Crippen molar-refractivity contribution >= 4 is 11.7 Å². The van der Waals surface area contributed by atoms with Crippen molar-refractivity contribution in [3.8, 4) is 0 Å². The molecule has 1 heterocycles. The van der Waals surface area contributed by atoms with Gasteiger partial charge in [0.05, 0.1) is 7.11 Å². The van der Waals surface area contributed by atoms with Gasteiger partial charge in [-0.25, -0.2) is 9.78 Å². The number of rotatable bonds is 7. The molecule has 0 saturated carbocycles. The first kappa shape index (κ1) is 14.4. The minimum absolute atomic E-state index is 0.220. The Labute approximate surface area is 108 Å². The highest BCUT2D eigenvalue weighted by atomic mass is 16.5. The average Bonchev–Trinajstić information content (AvgIpc) is 2.42. The van der Waals surface area contributed by atoms with Crippen LogP contribution in [0.15, 0.2) is 18.3 Å².